The first kappa shape index (κ1) is 29.6. The molecule has 0 saturated heterocycles. The van der Waals surface area contributed by atoms with Gasteiger partial charge >= 0.3 is 5.97 Å². The van der Waals surface area contributed by atoms with E-state index in [1.54, 1.807) is 25.4 Å². The van der Waals surface area contributed by atoms with E-state index in [2.05, 4.69) is 39.6 Å². The molecule has 0 aliphatic carbocycles. The van der Waals surface area contributed by atoms with Crippen molar-refractivity contribution in [1.82, 2.24) is 9.55 Å². The van der Waals surface area contributed by atoms with Crippen molar-refractivity contribution in [1.29, 1.82) is 0 Å². The van der Waals surface area contributed by atoms with Gasteiger partial charge in [0.2, 0.25) is 5.43 Å². The van der Waals surface area contributed by atoms with Crippen LogP contribution in [-0.4, -0.2) is 37.5 Å². The average molecular weight is 545 g/mol. The van der Waals surface area contributed by atoms with Crippen LogP contribution >= 0.6 is 0 Å². The quantitative estimate of drug-likeness (QED) is 0.254. The van der Waals surface area contributed by atoms with E-state index in [9.17, 15) is 18.4 Å². The molecule has 0 spiro atoms. The molecule has 0 N–H and O–H groups in total. The zero-order valence-corrected chi connectivity index (χ0v) is 24.9. The van der Waals surface area contributed by atoms with Crippen LogP contribution in [0.2, 0.25) is 5.04 Å². The largest absolute Gasteiger partial charge is 0.462 e. The lowest BCUT2D eigenvalue weighted by molar-refractivity contribution is 0.0286. The van der Waals surface area contributed by atoms with E-state index in [1.807, 2.05) is 18.4 Å². The second kappa shape index (κ2) is 11.5. The van der Waals surface area contributed by atoms with Gasteiger partial charge in [-0.3, -0.25) is 9.78 Å². The van der Waals surface area contributed by atoms with E-state index in [1.165, 1.54) is 6.07 Å². The Labute approximate surface area is 225 Å². The van der Waals surface area contributed by atoms with Crippen LogP contribution in [0.1, 0.15) is 83.0 Å². The van der Waals surface area contributed by atoms with Crippen molar-refractivity contribution in [2.24, 2.45) is 5.92 Å². The Morgan fingerprint density at radius 1 is 1.11 bits per heavy atom. The van der Waals surface area contributed by atoms with Gasteiger partial charge in [-0.1, -0.05) is 40.7 Å². The highest BCUT2D eigenvalue weighted by Gasteiger charge is 2.36. The van der Waals surface area contributed by atoms with Gasteiger partial charge < -0.3 is 13.7 Å². The van der Waals surface area contributed by atoms with Crippen molar-refractivity contribution in [3.05, 3.63) is 75.3 Å². The van der Waals surface area contributed by atoms with Gasteiger partial charge in [-0.25, -0.2) is 13.6 Å². The van der Waals surface area contributed by atoms with Crippen LogP contribution in [-0.2, 0) is 15.6 Å². The lowest BCUT2D eigenvalue weighted by Gasteiger charge is -2.41. The summed E-state index contributed by atoms with van der Waals surface area (Å²) in [5.74, 6) is -2.49. The van der Waals surface area contributed by atoms with Crippen molar-refractivity contribution >= 4 is 26.6 Å². The molecule has 0 bridgehead atoms. The maximum atomic E-state index is 13.8. The topological polar surface area (TPSA) is 70.4 Å². The smallest absolute Gasteiger partial charge is 0.343 e. The van der Waals surface area contributed by atoms with Crippen molar-refractivity contribution in [2.45, 2.75) is 78.5 Å². The minimum atomic E-state index is -0.948. The number of hydrogen-bond acceptors (Lipinski definition) is 5. The number of esters is 1. The standard InChI is InChI=1S/C29H38F2N2O4Si/c1-9-36-27(35)21-16-33(26(17(2)3)29(7,8)37-38-28(4,5)6)24-15-32-19(14-20(24)25(21)34)12-18-10-11-22(30)23(31)13-18/h10-11,13-17,26H,9,12,38H2,1-8H3/t26-/m0/s1. The summed E-state index contributed by atoms with van der Waals surface area (Å²) in [6.07, 6.45) is 3.36. The van der Waals surface area contributed by atoms with Crippen LogP contribution in [0.3, 0.4) is 0 Å². The zero-order chi connectivity index (χ0) is 28.4. The zero-order valence-electron chi connectivity index (χ0n) is 23.5. The minimum Gasteiger partial charge on any atom is -0.462 e. The molecule has 0 unspecified atom stereocenters. The number of ether oxygens (including phenoxy) is 1. The van der Waals surface area contributed by atoms with Crippen molar-refractivity contribution in [3.63, 3.8) is 0 Å². The first-order chi connectivity index (χ1) is 17.6. The normalized spacial score (nSPS) is 13.6. The molecule has 206 valence electrons. The van der Waals surface area contributed by atoms with E-state index in [-0.39, 0.29) is 35.6 Å². The minimum absolute atomic E-state index is 0.0705. The summed E-state index contributed by atoms with van der Waals surface area (Å²) >= 11 is 0. The van der Waals surface area contributed by atoms with Gasteiger partial charge in [0.15, 0.2) is 21.4 Å². The van der Waals surface area contributed by atoms with Crippen LogP contribution < -0.4 is 5.43 Å². The van der Waals surface area contributed by atoms with Gasteiger partial charge in [0, 0.05) is 23.7 Å². The molecule has 1 aromatic carbocycles. The van der Waals surface area contributed by atoms with E-state index >= 15 is 0 Å². The van der Waals surface area contributed by atoms with Crippen molar-refractivity contribution in [2.75, 3.05) is 6.61 Å². The number of pyridine rings is 2. The summed E-state index contributed by atoms with van der Waals surface area (Å²) < 4.78 is 40.9. The molecule has 2 heterocycles. The molecule has 0 aliphatic heterocycles. The molecule has 0 aliphatic rings. The Morgan fingerprint density at radius 3 is 2.37 bits per heavy atom. The SMILES string of the molecule is CCOC(=O)c1cn([C@@H](C(C)C)C(C)(C)O[SiH2]C(C)(C)C)c2cnc(Cc3ccc(F)c(F)c3)cc2c1=O. The van der Waals surface area contributed by atoms with Gasteiger partial charge in [0.05, 0.1) is 30.0 Å². The molecule has 0 fully saturated rings. The van der Waals surface area contributed by atoms with Gasteiger partial charge in [0.1, 0.15) is 5.56 Å². The number of halogens is 2. The summed E-state index contributed by atoms with van der Waals surface area (Å²) in [4.78, 5) is 30.9. The third-order valence-electron chi connectivity index (χ3n) is 6.36. The summed E-state index contributed by atoms with van der Waals surface area (Å²) in [6.45, 7) is 16.5. The van der Waals surface area contributed by atoms with Crippen LogP contribution in [0.15, 0.2) is 41.5 Å². The summed E-state index contributed by atoms with van der Waals surface area (Å²) in [7, 11) is -0.913. The van der Waals surface area contributed by atoms with Crippen LogP contribution in [0.25, 0.3) is 10.9 Å². The molecule has 0 amide bonds. The van der Waals surface area contributed by atoms with Crippen LogP contribution in [0.5, 0.6) is 0 Å². The summed E-state index contributed by atoms with van der Waals surface area (Å²) in [5.41, 5.74) is 0.424. The number of benzene rings is 1. The second-order valence-electron chi connectivity index (χ2n) is 11.8. The summed E-state index contributed by atoms with van der Waals surface area (Å²) in [6, 6.07) is 5.04. The predicted octanol–water partition coefficient (Wildman–Crippen LogP) is 5.74. The molecule has 0 saturated carbocycles. The van der Waals surface area contributed by atoms with Gasteiger partial charge in [0.25, 0.3) is 0 Å². The lowest BCUT2D eigenvalue weighted by atomic mass is 9.88. The number of carbonyl (C=O) groups excluding carboxylic acids is 1. The maximum Gasteiger partial charge on any atom is 0.343 e. The lowest BCUT2D eigenvalue weighted by Crippen LogP contribution is -2.42. The fourth-order valence-corrected chi connectivity index (χ4v) is 5.75. The van der Waals surface area contributed by atoms with Crippen LogP contribution in [0.4, 0.5) is 8.78 Å². The Kier molecular flexibility index (Phi) is 8.93. The van der Waals surface area contributed by atoms with E-state index in [4.69, 9.17) is 9.16 Å². The molecule has 3 aromatic rings. The molecule has 38 heavy (non-hydrogen) atoms. The van der Waals surface area contributed by atoms with Gasteiger partial charge in [-0.15, -0.1) is 0 Å². The van der Waals surface area contributed by atoms with Gasteiger partial charge in [-0.2, -0.15) is 0 Å². The Morgan fingerprint density at radius 2 is 1.79 bits per heavy atom. The van der Waals surface area contributed by atoms with Crippen molar-refractivity contribution < 1.29 is 22.7 Å². The Balaban J connectivity index is 2.21. The van der Waals surface area contributed by atoms with Crippen LogP contribution in [0, 0.1) is 17.6 Å². The third-order valence-corrected chi connectivity index (χ3v) is 8.11. The van der Waals surface area contributed by atoms with Gasteiger partial charge in [-0.05, 0) is 55.5 Å². The number of hydrogen-bond donors (Lipinski definition) is 0. The van der Waals surface area contributed by atoms with E-state index < -0.39 is 38.4 Å². The highest BCUT2D eigenvalue weighted by molar-refractivity contribution is 6.31. The average Bonchev–Trinajstić information content (AvgIpc) is 2.81. The summed E-state index contributed by atoms with van der Waals surface area (Å²) in [5, 5.41) is 0.384. The number of rotatable bonds is 9. The highest BCUT2D eigenvalue weighted by Crippen LogP contribution is 2.37. The predicted molar refractivity (Wildman–Crippen MR) is 148 cm³/mol. The molecule has 3 rings (SSSR count). The number of nitrogens with zero attached hydrogens (tertiary/aromatic N) is 2. The molecular formula is C29H38F2N2O4Si. The van der Waals surface area contributed by atoms with E-state index in [0.29, 0.717) is 22.2 Å². The first-order valence-electron chi connectivity index (χ1n) is 12.9. The fraction of sp³-hybridized carbons (Fsp3) is 0.483. The number of fused-ring (bicyclic) bond motifs is 1. The van der Waals surface area contributed by atoms with E-state index in [0.717, 1.165) is 12.1 Å². The maximum absolute atomic E-state index is 13.8. The Hall–Kier alpha value is -2.91. The second-order valence-corrected chi connectivity index (χ2v) is 14.5. The molecular weight excluding hydrogens is 506 g/mol. The molecule has 1 atom stereocenters. The monoisotopic (exact) mass is 544 g/mol. The molecule has 9 heteroatoms. The highest BCUT2D eigenvalue weighted by atomic mass is 28.2. The molecule has 0 radical (unpaired) electrons. The number of aromatic nitrogens is 2. The first-order valence-corrected chi connectivity index (χ1v) is 14.2. The third kappa shape index (κ3) is 6.74. The Bertz CT molecular complexity index is 1380. The fourth-order valence-electron chi connectivity index (χ4n) is 4.78. The van der Waals surface area contributed by atoms with Crippen molar-refractivity contribution in [3.8, 4) is 0 Å². The molecule has 6 nitrogen and oxygen atoms in total. The molecule has 2 aromatic heterocycles. The number of carbonyl (C=O) groups is 1.